The first-order valence-corrected chi connectivity index (χ1v) is 6.21. The molecule has 0 atom stereocenters. The van der Waals surface area contributed by atoms with Gasteiger partial charge in [-0.1, -0.05) is 18.2 Å². The normalized spacial score (nSPS) is 10.4. The van der Waals surface area contributed by atoms with Crippen LogP contribution in [0, 0.1) is 6.92 Å². The van der Waals surface area contributed by atoms with E-state index in [2.05, 4.69) is 15.6 Å². The molecule has 2 amide bonds. The van der Waals surface area contributed by atoms with Gasteiger partial charge in [-0.3, -0.25) is 0 Å². The van der Waals surface area contributed by atoms with Crippen LogP contribution in [-0.2, 0) is 0 Å². The first kappa shape index (κ1) is 12.2. The van der Waals surface area contributed by atoms with Gasteiger partial charge in [-0.05, 0) is 30.3 Å². The van der Waals surface area contributed by atoms with Crippen LogP contribution in [-0.4, -0.2) is 11.0 Å². The second kappa shape index (κ2) is 5.05. The van der Waals surface area contributed by atoms with Crippen molar-refractivity contribution >= 4 is 28.5 Å². The maximum Gasteiger partial charge on any atom is 0.323 e. The Hall–Kier alpha value is -2.82. The highest BCUT2D eigenvalue weighted by Gasteiger charge is 2.06. The second-order valence-electron chi connectivity index (χ2n) is 4.36. The van der Waals surface area contributed by atoms with Crippen molar-refractivity contribution in [3.05, 3.63) is 54.4 Å². The van der Waals surface area contributed by atoms with Crippen LogP contribution < -0.4 is 10.6 Å². The van der Waals surface area contributed by atoms with Crippen molar-refractivity contribution in [2.75, 3.05) is 10.6 Å². The Kier molecular flexibility index (Phi) is 3.09. The van der Waals surface area contributed by atoms with Gasteiger partial charge in [0.15, 0.2) is 11.5 Å². The molecule has 0 aliphatic rings. The van der Waals surface area contributed by atoms with E-state index in [1.807, 2.05) is 30.3 Å². The fraction of sp³-hybridized carbons (Fsp3) is 0.0667. The molecule has 5 nitrogen and oxygen atoms in total. The lowest BCUT2D eigenvalue weighted by molar-refractivity contribution is 0.262. The second-order valence-corrected chi connectivity index (χ2v) is 4.36. The molecule has 1 aromatic heterocycles. The number of aryl methyl sites for hydroxylation is 1. The predicted octanol–water partition coefficient (Wildman–Crippen LogP) is 3.78. The predicted molar refractivity (Wildman–Crippen MR) is 77.8 cm³/mol. The van der Waals surface area contributed by atoms with Gasteiger partial charge in [0.1, 0.15) is 5.52 Å². The molecule has 0 radical (unpaired) electrons. The lowest BCUT2D eigenvalue weighted by atomic mass is 10.3. The average Bonchev–Trinajstić information content (AvgIpc) is 2.79. The number of anilines is 2. The number of oxazole rings is 1. The van der Waals surface area contributed by atoms with E-state index in [1.54, 1.807) is 25.1 Å². The van der Waals surface area contributed by atoms with Crippen LogP contribution in [0.25, 0.3) is 11.1 Å². The first-order chi connectivity index (χ1) is 9.70. The Morgan fingerprint density at radius 1 is 1.05 bits per heavy atom. The zero-order chi connectivity index (χ0) is 13.9. The molecule has 0 saturated carbocycles. The molecule has 0 bridgehead atoms. The Balaban J connectivity index is 1.74. The number of urea groups is 1. The number of nitrogens with zero attached hydrogens (tertiary/aromatic N) is 1. The third-order valence-corrected chi connectivity index (χ3v) is 2.78. The summed E-state index contributed by atoms with van der Waals surface area (Å²) >= 11 is 0. The van der Waals surface area contributed by atoms with E-state index >= 15 is 0 Å². The number of para-hydroxylation sites is 1. The number of carbonyl (C=O) groups is 1. The molecule has 100 valence electrons. The van der Waals surface area contributed by atoms with Gasteiger partial charge in [-0.2, -0.15) is 0 Å². The summed E-state index contributed by atoms with van der Waals surface area (Å²) in [5.74, 6) is 0.603. The van der Waals surface area contributed by atoms with Gasteiger partial charge in [0.05, 0.1) is 0 Å². The van der Waals surface area contributed by atoms with E-state index in [4.69, 9.17) is 4.42 Å². The van der Waals surface area contributed by atoms with Gasteiger partial charge in [-0.25, -0.2) is 9.78 Å². The molecule has 1 heterocycles. The Morgan fingerprint density at radius 2 is 1.80 bits per heavy atom. The molecular weight excluding hydrogens is 254 g/mol. The number of nitrogens with one attached hydrogen (secondary N) is 2. The van der Waals surface area contributed by atoms with Crippen molar-refractivity contribution in [2.45, 2.75) is 6.92 Å². The number of rotatable bonds is 2. The Bertz CT molecular complexity index is 750. The van der Waals surface area contributed by atoms with Gasteiger partial charge >= 0.3 is 6.03 Å². The zero-order valence-electron chi connectivity index (χ0n) is 10.9. The molecule has 20 heavy (non-hydrogen) atoms. The molecule has 5 heteroatoms. The largest absolute Gasteiger partial charge is 0.441 e. The van der Waals surface area contributed by atoms with Crippen molar-refractivity contribution in [1.82, 2.24) is 4.98 Å². The van der Waals surface area contributed by atoms with Crippen LogP contribution in [0.4, 0.5) is 16.2 Å². The molecule has 0 unspecified atom stereocenters. The smallest absolute Gasteiger partial charge is 0.323 e. The van der Waals surface area contributed by atoms with Crippen LogP contribution in [0.5, 0.6) is 0 Å². The van der Waals surface area contributed by atoms with Crippen LogP contribution in [0.15, 0.2) is 52.9 Å². The fourth-order valence-electron chi connectivity index (χ4n) is 1.94. The maximum absolute atomic E-state index is 11.9. The molecule has 2 aromatic carbocycles. The van der Waals surface area contributed by atoms with Gasteiger partial charge < -0.3 is 15.1 Å². The average molecular weight is 267 g/mol. The summed E-state index contributed by atoms with van der Waals surface area (Å²) < 4.78 is 5.38. The van der Waals surface area contributed by atoms with E-state index in [0.29, 0.717) is 17.2 Å². The quantitative estimate of drug-likeness (QED) is 0.742. The van der Waals surface area contributed by atoms with Crippen molar-refractivity contribution in [3.8, 4) is 0 Å². The number of aromatic nitrogens is 1. The van der Waals surface area contributed by atoms with E-state index in [1.165, 1.54) is 0 Å². The molecular formula is C15H13N3O2. The topological polar surface area (TPSA) is 67.2 Å². The van der Waals surface area contributed by atoms with E-state index in [0.717, 1.165) is 11.2 Å². The molecule has 0 aliphatic heterocycles. The number of carbonyl (C=O) groups excluding carboxylic acids is 1. The van der Waals surface area contributed by atoms with E-state index in [-0.39, 0.29) is 6.03 Å². The monoisotopic (exact) mass is 267 g/mol. The van der Waals surface area contributed by atoms with Crippen LogP contribution >= 0.6 is 0 Å². The summed E-state index contributed by atoms with van der Waals surface area (Å²) in [6, 6.07) is 14.3. The number of benzene rings is 2. The Labute approximate surface area is 115 Å². The minimum atomic E-state index is -0.296. The molecule has 0 fully saturated rings. The number of hydrogen-bond donors (Lipinski definition) is 2. The molecule has 0 spiro atoms. The van der Waals surface area contributed by atoms with Crippen molar-refractivity contribution in [3.63, 3.8) is 0 Å². The highest BCUT2D eigenvalue weighted by molar-refractivity contribution is 6.00. The summed E-state index contributed by atoms with van der Waals surface area (Å²) in [6.45, 7) is 1.79. The summed E-state index contributed by atoms with van der Waals surface area (Å²) in [6.07, 6.45) is 0. The highest BCUT2D eigenvalue weighted by Crippen LogP contribution is 2.19. The minimum Gasteiger partial charge on any atom is -0.441 e. The van der Waals surface area contributed by atoms with Crippen LogP contribution in [0.2, 0.25) is 0 Å². The van der Waals surface area contributed by atoms with Gasteiger partial charge in [0.25, 0.3) is 0 Å². The summed E-state index contributed by atoms with van der Waals surface area (Å²) in [7, 11) is 0. The van der Waals surface area contributed by atoms with Crippen molar-refractivity contribution in [1.29, 1.82) is 0 Å². The van der Waals surface area contributed by atoms with Gasteiger partial charge in [0.2, 0.25) is 0 Å². The summed E-state index contributed by atoms with van der Waals surface area (Å²) in [5.41, 5.74) is 2.83. The molecule has 2 N–H and O–H groups in total. The maximum atomic E-state index is 11.9. The van der Waals surface area contributed by atoms with E-state index in [9.17, 15) is 4.79 Å². The molecule has 3 aromatic rings. The zero-order valence-corrected chi connectivity index (χ0v) is 10.9. The van der Waals surface area contributed by atoms with Crippen molar-refractivity contribution in [2.24, 2.45) is 0 Å². The third kappa shape index (κ3) is 2.61. The fourth-order valence-corrected chi connectivity index (χ4v) is 1.94. The lowest BCUT2D eigenvalue weighted by Crippen LogP contribution is -2.19. The Morgan fingerprint density at radius 3 is 2.60 bits per heavy atom. The molecule has 0 saturated heterocycles. The van der Waals surface area contributed by atoms with Crippen LogP contribution in [0.3, 0.4) is 0 Å². The minimum absolute atomic E-state index is 0.296. The standard InChI is InChI=1S/C15H13N3O2/c1-10-16-13-9-12(7-8-14(13)20-10)18-15(19)17-11-5-3-2-4-6-11/h2-9H,1H3,(H2,17,18,19). The number of fused-ring (bicyclic) bond motifs is 1. The number of amides is 2. The summed E-state index contributed by atoms with van der Waals surface area (Å²) in [5, 5.41) is 5.51. The van der Waals surface area contributed by atoms with Crippen molar-refractivity contribution < 1.29 is 9.21 Å². The molecule has 3 rings (SSSR count). The van der Waals surface area contributed by atoms with Gasteiger partial charge in [-0.15, -0.1) is 0 Å². The van der Waals surface area contributed by atoms with E-state index < -0.39 is 0 Å². The van der Waals surface area contributed by atoms with Crippen LogP contribution in [0.1, 0.15) is 5.89 Å². The lowest BCUT2D eigenvalue weighted by Gasteiger charge is -2.07. The summed E-state index contributed by atoms with van der Waals surface area (Å²) in [4.78, 5) is 16.1. The highest BCUT2D eigenvalue weighted by atomic mass is 16.3. The first-order valence-electron chi connectivity index (χ1n) is 6.21. The number of hydrogen-bond acceptors (Lipinski definition) is 3. The molecule has 0 aliphatic carbocycles. The van der Waals surface area contributed by atoms with Gasteiger partial charge in [0, 0.05) is 18.3 Å². The SMILES string of the molecule is Cc1nc2cc(NC(=O)Nc3ccccc3)ccc2o1. The third-order valence-electron chi connectivity index (χ3n) is 2.78.